The predicted molar refractivity (Wildman–Crippen MR) is 181 cm³/mol. The summed E-state index contributed by atoms with van der Waals surface area (Å²) >= 11 is 0. The molecule has 12 heteroatoms. The molecule has 0 aromatic carbocycles. The highest BCUT2D eigenvalue weighted by Crippen LogP contribution is 2.47. The monoisotopic (exact) mass is 696 g/mol. The molecule has 0 spiro atoms. The minimum absolute atomic E-state index is 0.0706. The van der Waals surface area contributed by atoms with Gasteiger partial charge >= 0.3 is 11.9 Å². The third kappa shape index (κ3) is 12.7. The van der Waals surface area contributed by atoms with E-state index in [-0.39, 0.29) is 37.5 Å². The van der Waals surface area contributed by atoms with E-state index in [1.54, 1.807) is 32.9 Å². The number of ether oxygens (including phenoxy) is 7. The van der Waals surface area contributed by atoms with Crippen LogP contribution >= 0.6 is 0 Å². The summed E-state index contributed by atoms with van der Waals surface area (Å²) in [5, 5.41) is 33.9. The van der Waals surface area contributed by atoms with Gasteiger partial charge < -0.3 is 48.5 Å². The van der Waals surface area contributed by atoms with Gasteiger partial charge in [0, 0.05) is 44.0 Å². The van der Waals surface area contributed by atoms with Crippen molar-refractivity contribution in [3.63, 3.8) is 0 Å². The maximum atomic E-state index is 13.3. The van der Waals surface area contributed by atoms with Gasteiger partial charge in [0.2, 0.25) is 5.79 Å². The maximum Gasteiger partial charge on any atom is 0.330 e. The van der Waals surface area contributed by atoms with Gasteiger partial charge in [0.1, 0.15) is 6.10 Å². The predicted octanol–water partition coefficient (Wildman–Crippen LogP) is 4.78. The Labute approximate surface area is 291 Å². The van der Waals surface area contributed by atoms with E-state index in [4.69, 9.17) is 33.2 Å². The fourth-order valence-corrected chi connectivity index (χ4v) is 6.29. The highest BCUT2D eigenvalue weighted by Gasteiger charge is 2.57. The molecule has 3 rings (SSSR count). The topological polar surface area (TPSA) is 159 Å². The third-order valence-electron chi connectivity index (χ3n) is 9.38. The molecule has 3 aliphatic heterocycles. The van der Waals surface area contributed by atoms with E-state index >= 15 is 0 Å². The first-order valence-electron chi connectivity index (χ1n) is 17.9. The second-order valence-corrected chi connectivity index (χ2v) is 14.0. The van der Waals surface area contributed by atoms with Crippen molar-refractivity contribution in [1.82, 2.24) is 0 Å². The van der Waals surface area contributed by atoms with E-state index in [0.29, 0.717) is 51.1 Å². The van der Waals surface area contributed by atoms with Gasteiger partial charge in [-0.2, -0.15) is 0 Å². The number of carbonyl (C=O) groups is 2. The number of fused-ring (bicyclic) bond motifs is 4. The number of aliphatic hydroxyl groups excluding tert-OH is 2. The van der Waals surface area contributed by atoms with Crippen molar-refractivity contribution in [2.24, 2.45) is 5.41 Å². The normalized spacial score (nSPS) is 33.9. The van der Waals surface area contributed by atoms with Crippen LogP contribution in [-0.4, -0.2) is 103 Å². The van der Waals surface area contributed by atoms with Crippen molar-refractivity contribution < 1.29 is 58.1 Å². The van der Waals surface area contributed by atoms with Crippen molar-refractivity contribution in [2.75, 3.05) is 26.9 Å². The summed E-state index contributed by atoms with van der Waals surface area (Å²) in [5.41, 5.74) is -0.941. The zero-order valence-electron chi connectivity index (χ0n) is 30.1. The van der Waals surface area contributed by atoms with Crippen molar-refractivity contribution in [1.29, 1.82) is 0 Å². The van der Waals surface area contributed by atoms with Crippen LogP contribution in [0.15, 0.2) is 36.1 Å². The summed E-state index contributed by atoms with van der Waals surface area (Å²) in [6, 6.07) is 0. The number of hydrogen-bond donors (Lipinski definition) is 3. The van der Waals surface area contributed by atoms with Crippen LogP contribution in [0.25, 0.3) is 0 Å². The van der Waals surface area contributed by atoms with Crippen molar-refractivity contribution >= 4 is 11.9 Å². The summed E-state index contributed by atoms with van der Waals surface area (Å²) in [5.74, 6) is -3.12. The molecular weight excluding hydrogens is 636 g/mol. The Balaban J connectivity index is 2.02. The summed E-state index contributed by atoms with van der Waals surface area (Å²) < 4.78 is 41.2. The molecule has 280 valence electrons. The molecule has 3 heterocycles. The largest absolute Gasteiger partial charge is 0.493 e. The zero-order chi connectivity index (χ0) is 36.0. The van der Waals surface area contributed by atoms with Crippen LogP contribution in [-0.2, 0) is 42.7 Å². The molecule has 0 saturated carbocycles. The molecule has 0 aliphatic carbocycles. The fraction of sp³-hybridized carbons (Fsp3) is 0.784. The van der Waals surface area contributed by atoms with Crippen LogP contribution in [0, 0.1) is 5.41 Å². The molecule has 0 aromatic rings. The highest BCUT2D eigenvalue weighted by molar-refractivity contribution is 5.83. The molecule has 0 aromatic heterocycles. The van der Waals surface area contributed by atoms with Crippen molar-refractivity contribution in [3.8, 4) is 0 Å². The van der Waals surface area contributed by atoms with Gasteiger partial charge in [-0.15, -0.1) is 0 Å². The molecular formula is C37H60O12. The van der Waals surface area contributed by atoms with Gasteiger partial charge in [-0.05, 0) is 50.7 Å². The number of aliphatic hydroxyl groups is 3. The molecule has 2 fully saturated rings. The van der Waals surface area contributed by atoms with Crippen LogP contribution < -0.4 is 0 Å². The van der Waals surface area contributed by atoms with Crippen LogP contribution in [0.2, 0.25) is 0 Å². The second kappa shape index (κ2) is 19.9. The molecule has 12 nitrogen and oxygen atoms in total. The summed E-state index contributed by atoms with van der Waals surface area (Å²) in [6.07, 6.45) is 5.82. The average molecular weight is 697 g/mol. The quantitative estimate of drug-likeness (QED) is 0.131. The number of unbranched alkanes of at least 4 members (excludes halogenated alkanes) is 4. The van der Waals surface area contributed by atoms with E-state index in [0.717, 1.165) is 25.7 Å². The Kier molecular flexibility index (Phi) is 16.7. The Morgan fingerprint density at radius 1 is 1.08 bits per heavy atom. The lowest BCUT2D eigenvalue weighted by Gasteiger charge is -2.51. The van der Waals surface area contributed by atoms with Crippen LogP contribution in [0.1, 0.15) is 105 Å². The van der Waals surface area contributed by atoms with Crippen LogP contribution in [0.5, 0.6) is 0 Å². The van der Waals surface area contributed by atoms with E-state index in [1.165, 1.54) is 13.2 Å². The highest BCUT2D eigenvalue weighted by atomic mass is 16.7. The Hall–Kier alpha value is -2.32. The lowest BCUT2D eigenvalue weighted by molar-refractivity contribution is -0.327. The van der Waals surface area contributed by atoms with Gasteiger partial charge in [-0.25, -0.2) is 4.79 Å². The molecule has 0 unspecified atom stereocenters. The first-order chi connectivity index (χ1) is 23.3. The Morgan fingerprint density at radius 3 is 2.51 bits per heavy atom. The Morgan fingerprint density at radius 2 is 1.80 bits per heavy atom. The molecule has 8 atom stereocenters. The molecule has 2 saturated heterocycles. The zero-order valence-corrected chi connectivity index (χ0v) is 30.1. The lowest BCUT2D eigenvalue weighted by Crippen LogP contribution is -2.62. The third-order valence-corrected chi connectivity index (χ3v) is 9.38. The first-order valence-corrected chi connectivity index (χ1v) is 17.9. The minimum atomic E-state index is -2.19. The number of hydrogen-bond acceptors (Lipinski definition) is 12. The first kappa shape index (κ1) is 41.1. The van der Waals surface area contributed by atoms with E-state index in [1.807, 2.05) is 0 Å². The number of methoxy groups -OCH3 is 1. The fourth-order valence-electron chi connectivity index (χ4n) is 6.29. The van der Waals surface area contributed by atoms with Crippen molar-refractivity contribution in [2.45, 2.75) is 153 Å². The molecule has 0 radical (unpaired) electrons. The van der Waals surface area contributed by atoms with E-state index in [2.05, 4.69) is 13.5 Å². The lowest BCUT2D eigenvalue weighted by atomic mass is 9.74. The van der Waals surface area contributed by atoms with E-state index in [9.17, 15) is 24.9 Å². The van der Waals surface area contributed by atoms with Gasteiger partial charge in [0.15, 0.2) is 12.4 Å². The molecule has 49 heavy (non-hydrogen) atoms. The number of rotatable bonds is 9. The smallest absolute Gasteiger partial charge is 0.330 e. The van der Waals surface area contributed by atoms with E-state index < -0.39 is 60.0 Å². The van der Waals surface area contributed by atoms with Gasteiger partial charge in [0.25, 0.3) is 0 Å². The molecule has 3 N–H and O–H groups in total. The molecule has 4 bridgehead atoms. The number of carbonyl (C=O) groups excluding carboxylic acids is 2. The standard InChI is InChI=1S/C37H60O12/c1-7-8-9-10-11-12-32(40)48-35-27(23-33(41)43-6)22-30-24-31(26(3)38)46-25(2)21-28(39)14-18-44-19-15-29-16-20-45-34(47-29)13-17-36(4,5)37(35,42)49-30/h13,17,23,26,28-31,34-35,38-39,42H,2,7-12,14-16,18-22,24H2,1,3-6H3/b17-13+,27-23+/t26-,28-,29-,30+,31-,34+,35+,37-/m1/s1. The minimum Gasteiger partial charge on any atom is -0.493 e. The summed E-state index contributed by atoms with van der Waals surface area (Å²) in [6.45, 7) is 12.4. The van der Waals surface area contributed by atoms with Gasteiger partial charge in [-0.3, -0.25) is 4.79 Å². The van der Waals surface area contributed by atoms with Crippen molar-refractivity contribution in [3.05, 3.63) is 36.1 Å². The average Bonchev–Trinajstić information content (AvgIpc) is 3.04. The molecule has 3 aliphatic rings. The number of esters is 2. The SMILES string of the molecule is C=C1C[C@H](O)CCOCC[C@@H]2CCO[C@H](/C=C/C(C)(C)[C@]3(O)O[C@@H](C/C(=C\C(=O)OC)[C@@H]3OC(=O)CCCCCCC)C[C@H]([C@@H](C)O)O1)O2. The Bertz CT molecular complexity index is 1120. The van der Waals surface area contributed by atoms with Gasteiger partial charge in [-0.1, -0.05) is 59.1 Å². The van der Waals surface area contributed by atoms with Gasteiger partial charge in [0.05, 0.1) is 43.9 Å². The summed E-state index contributed by atoms with van der Waals surface area (Å²) in [4.78, 5) is 25.9. The van der Waals surface area contributed by atoms with Crippen LogP contribution in [0.4, 0.5) is 0 Å². The maximum absolute atomic E-state index is 13.3. The molecule has 0 amide bonds. The second-order valence-electron chi connectivity index (χ2n) is 14.0. The van der Waals surface area contributed by atoms with Crippen LogP contribution in [0.3, 0.4) is 0 Å². The summed E-state index contributed by atoms with van der Waals surface area (Å²) in [7, 11) is 1.24.